The van der Waals surface area contributed by atoms with Gasteiger partial charge in [-0.05, 0) is 44.2 Å². The smallest absolute Gasteiger partial charge is 0.0351 e. The number of nitrogens with zero attached hydrogens (tertiary/aromatic N) is 1. The van der Waals surface area contributed by atoms with E-state index in [9.17, 15) is 0 Å². The quantitative estimate of drug-likeness (QED) is 0.579. The van der Waals surface area contributed by atoms with E-state index in [2.05, 4.69) is 4.90 Å². The summed E-state index contributed by atoms with van der Waals surface area (Å²) in [6.45, 7) is 3.69. The zero-order chi connectivity index (χ0) is 7.73. The van der Waals surface area contributed by atoms with E-state index < -0.39 is 0 Å². The van der Waals surface area contributed by atoms with Crippen LogP contribution in [-0.2, 0) is 0 Å². The number of halogens is 1. The SMILES string of the molecule is ClCCN1CCC2(CC1)CC2. The predicted molar refractivity (Wildman–Crippen MR) is 48.1 cm³/mol. The van der Waals surface area contributed by atoms with E-state index >= 15 is 0 Å². The number of hydrogen-bond donors (Lipinski definition) is 0. The highest BCUT2D eigenvalue weighted by molar-refractivity contribution is 6.18. The van der Waals surface area contributed by atoms with Crippen molar-refractivity contribution in [1.29, 1.82) is 0 Å². The fraction of sp³-hybridized carbons (Fsp3) is 1.00. The molecule has 0 aromatic heterocycles. The van der Waals surface area contributed by atoms with Gasteiger partial charge in [0.25, 0.3) is 0 Å². The Bertz CT molecular complexity index is 132. The summed E-state index contributed by atoms with van der Waals surface area (Å²) >= 11 is 5.68. The molecule has 1 saturated carbocycles. The molecule has 2 heteroatoms. The van der Waals surface area contributed by atoms with Crippen LogP contribution in [0.5, 0.6) is 0 Å². The van der Waals surface area contributed by atoms with E-state index in [1.54, 1.807) is 0 Å². The van der Waals surface area contributed by atoms with Gasteiger partial charge in [0.05, 0.1) is 0 Å². The Morgan fingerprint density at radius 1 is 1.09 bits per heavy atom. The van der Waals surface area contributed by atoms with E-state index in [4.69, 9.17) is 11.6 Å². The summed E-state index contributed by atoms with van der Waals surface area (Å²) in [7, 11) is 0. The van der Waals surface area contributed by atoms with Gasteiger partial charge >= 0.3 is 0 Å². The zero-order valence-corrected chi connectivity index (χ0v) is 7.74. The summed E-state index contributed by atoms with van der Waals surface area (Å²) < 4.78 is 0. The molecule has 0 aromatic rings. The number of alkyl halides is 1. The lowest BCUT2D eigenvalue weighted by molar-refractivity contribution is 0.181. The first kappa shape index (κ1) is 7.88. The summed E-state index contributed by atoms with van der Waals surface area (Å²) in [5.74, 6) is 0.799. The van der Waals surface area contributed by atoms with Crippen LogP contribution in [0.15, 0.2) is 0 Å². The highest BCUT2D eigenvalue weighted by Gasteiger charge is 2.44. The van der Waals surface area contributed by atoms with Gasteiger partial charge in [-0.15, -0.1) is 11.6 Å². The molecule has 64 valence electrons. The summed E-state index contributed by atoms with van der Waals surface area (Å²) in [5.41, 5.74) is 0.822. The van der Waals surface area contributed by atoms with Crippen LogP contribution in [0, 0.1) is 5.41 Å². The summed E-state index contributed by atoms with van der Waals surface area (Å²) in [4.78, 5) is 2.50. The second-order valence-electron chi connectivity index (χ2n) is 4.03. The highest BCUT2D eigenvalue weighted by atomic mass is 35.5. The second kappa shape index (κ2) is 2.95. The first-order chi connectivity index (χ1) is 5.35. The van der Waals surface area contributed by atoms with Crippen LogP contribution in [0.4, 0.5) is 0 Å². The maximum Gasteiger partial charge on any atom is 0.0351 e. The van der Waals surface area contributed by atoms with Gasteiger partial charge in [0.1, 0.15) is 0 Å². The molecule has 0 radical (unpaired) electrons. The van der Waals surface area contributed by atoms with Crippen molar-refractivity contribution >= 4 is 11.6 Å². The van der Waals surface area contributed by atoms with Crippen molar-refractivity contribution in [2.75, 3.05) is 25.5 Å². The first-order valence-electron chi connectivity index (χ1n) is 4.63. The lowest BCUT2D eigenvalue weighted by atomic mass is 9.94. The van der Waals surface area contributed by atoms with E-state index in [-0.39, 0.29) is 0 Å². The first-order valence-corrected chi connectivity index (χ1v) is 5.16. The van der Waals surface area contributed by atoms with E-state index in [0.29, 0.717) is 0 Å². The minimum Gasteiger partial charge on any atom is -0.302 e. The topological polar surface area (TPSA) is 3.24 Å². The molecule has 0 aromatic carbocycles. The molecule has 0 bridgehead atoms. The van der Waals surface area contributed by atoms with Gasteiger partial charge in [0.2, 0.25) is 0 Å². The predicted octanol–water partition coefficient (Wildman–Crippen LogP) is 2.10. The van der Waals surface area contributed by atoms with Crippen LogP contribution in [0.2, 0.25) is 0 Å². The molecule has 0 unspecified atom stereocenters. The Labute approximate surface area is 73.7 Å². The van der Waals surface area contributed by atoms with Crippen LogP contribution < -0.4 is 0 Å². The molecule has 1 heterocycles. The fourth-order valence-corrected chi connectivity index (χ4v) is 2.29. The molecule has 1 spiro atoms. The van der Waals surface area contributed by atoms with Crippen LogP contribution in [0.1, 0.15) is 25.7 Å². The molecule has 2 aliphatic rings. The third-order valence-electron chi connectivity index (χ3n) is 3.27. The molecule has 2 rings (SSSR count). The molecule has 1 saturated heterocycles. The monoisotopic (exact) mass is 173 g/mol. The Balaban J connectivity index is 1.75. The third kappa shape index (κ3) is 1.70. The van der Waals surface area contributed by atoms with Crippen LogP contribution in [0.3, 0.4) is 0 Å². The normalized spacial score (nSPS) is 29.2. The lowest BCUT2D eigenvalue weighted by Crippen LogP contribution is -2.35. The minimum atomic E-state index is 0.799. The molecule has 0 N–H and O–H groups in total. The number of piperidine rings is 1. The van der Waals surface area contributed by atoms with Gasteiger partial charge in [0, 0.05) is 12.4 Å². The number of hydrogen-bond acceptors (Lipinski definition) is 1. The average Bonchev–Trinajstić information content (AvgIpc) is 2.76. The Morgan fingerprint density at radius 2 is 1.73 bits per heavy atom. The summed E-state index contributed by atoms with van der Waals surface area (Å²) in [6, 6.07) is 0. The Kier molecular flexibility index (Phi) is 2.11. The maximum absolute atomic E-state index is 5.68. The maximum atomic E-state index is 5.68. The second-order valence-corrected chi connectivity index (χ2v) is 4.41. The Hall–Kier alpha value is 0.250. The van der Waals surface area contributed by atoms with Gasteiger partial charge in [-0.25, -0.2) is 0 Å². The molecule has 1 aliphatic carbocycles. The number of likely N-dealkylation sites (tertiary alicyclic amines) is 1. The van der Waals surface area contributed by atoms with Gasteiger partial charge in [-0.3, -0.25) is 0 Å². The van der Waals surface area contributed by atoms with Gasteiger partial charge < -0.3 is 4.90 Å². The number of rotatable bonds is 2. The van der Waals surface area contributed by atoms with Crippen LogP contribution in [0.25, 0.3) is 0 Å². The average molecular weight is 174 g/mol. The van der Waals surface area contributed by atoms with Gasteiger partial charge in [0.15, 0.2) is 0 Å². The van der Waals surface area contributed by atoms with E-state index in [0.717, 1.165) is 17.8 Å². The standard InChI is InChI=1S/C9H16ClN/c10-5-8-11-6-3-9(1-2-9)4-7-11/h1-8H2. The van der Waals surface area contributed by atoms with Crippen molar-refractivity contribution in [2.24, 2.45) is 5.41 Å². The van der Waals surface area contributed by atoms with Crippen molar-refractivity contribution in [2.45, 2.75) is 25.7 Å². The molecule has 0 amide bonds. The van der Waals surface area contributed by atoms with E-state index in [1.165, 1.54) is 38.8 Å². The fourth-order valence-electron chi connectivity index (χ4n) is 2.05. The van der Waals surface area contributed by atoms with Gasteiger partial charge in [-0.1, -0.05) is 0 Å². The van der Waals surface area contributed by atoms with Crippen molar-refractivity contribution in [1.82, 2.24) is 4.90 Å². The van der Waals surface area contributed by atoms with Crippen LogP contribution >= 0.6 is 11.6 Å². The molecule has 1 nitrogen and oxygen atoms in total. The zero-order valence-electron chi connectivity index (χ0n) is 6.98. The third-order valence-corrected chi connectivity index (χ3v) is 3.44. The molecular formula is C9H16ClN. The largest absolute Gasteiger partial charge is 0.302 e. The van der Waals surface area contributed by atoms with E-state index in [1.807, 2.05) is 0 Å². The van der Waals surface area contributed by atoms with Crippen molar-refractivity contribution in [3.63, 3.8) is 0 Å². The molecule has 0 atom stereocenters. The molecular weight excluding hydrogens is 158 g/mol. The molecule has 11 heavy (non-hydrogen) atoms. The van der Waals surface area contributed by atoms with Crippen molar-refractivity contribution < 1.29 is 0 Å². The van der Waals surface area contributed by atoms with Gasteiger partial charge in [-0.2, -0.15) is 0 Å². The highest BCUT2D eigenvalue weighted by Crippen LogP contribution is 2.53. The lowest BCUT2D eigenvalue weighted by Gasteiger charge is -2.31. The molecule has 2 fully saturated rings. The summed E-state index contributed by atoms with van der Waals surface area (Å²) in [6.07, 6.45) is 5.87. The molecule has 1 aliphatic heterocycles. The van der Waals surface area contributed by atoms with Crippen molar-refractivity contribution in [3.05, 3.63) is 0 Å². The minimum absolute atomic E-state index is 0.799. The summed E-state index contributed by atoms with van der Waals surface area (Å²) in [5, 5.41) is 0. The van der Waals surface area contributed by atoms with Crippen LogP contribution in [-0.4, -0.2) is 30.4 Å². The van der Waals surface area contributed by atoms with Crippen molar-refractivity contribution in [3.8, 4) is 0 Å². The Morgan fingerprint density at radius 3 is 2.18 bits per heavy atom.